The van der Waals surface area contributed by atoms with Gasteiger partial charge in [0.15, 0.2) is 6.10 Å². The number of phosphoric ester groups is 1. The number of esters is 2. The summed E-state index contributed by atoms with van der Waals surface area (Å²) in [6, 6.07) is 0. The maximum absolute atomic E-state index is 12.8. The van der Waals surface area contributed by atoms with Gasteiger partial charge in [-0.15, -0.1) is 0 Å². The van der Waals surface area contributed by atoms with Crippen molar-refractivity contribution in [2.45, 2.75) is 238 Å². The highest BCUT2D eigenvalue weighted by molar-refractivity contribution is 7.47. The third-order valence-corrected chi connectivity index (χ3v) is 14.0. The van der Waals surface area contributed by atoms with Gasteiger partial charge < -0.3 is 18.9 Å². The molecule has 0 saturated heterocycles. The lowest BCUT2D eigenvalue weighted by Gasteiger charge is -2.24. The van der Waals surface area contributed by atoms with E-state index >= 15 is 0 Å². The highest BCUT2D eigenvalue weighted by Crippen LogP contribution is 2.43. The fourth-order valence-corrected chi connectivity index (χ4v) is 8.92. The zero-order valence-electron chi connectivity index (χ0n) is 52.7. The van der Waals surface area contributed by atoms with E-state index in [-0.39, 0.29) is 26.1 Å². The predicted molar refractivity (Wildman–Crippen MR) is 353 cm³/mol. The number of carbonyl (C=O) groups is 2. The Kier molecular flexibility index (Phi) is 57.9. The third-order valence-electron chi connectivity index (χ3n) is 13.1. The van der Waals surface area contributed by atoms with Gasteiger partial charge in [-0.2, -0.15) is 0 Å². The third kappa shape index (κ3) is 64.8. The minimum Gasteiger partial charge on any atom is -0.462 e. The molecule has 2 atom stereocenters. The van der Waals surface area contributed by atoms with Crippen LogP contribution in [0.1, 0.15) is 232 Å². The lowest BCUT2D eigenvalue weighted by Crippen LogP contribution is -2.37. The van der Waals surface area contributed by atoms with Gasteiger partial charge in [-0.3, -0.25) is 18.6 Å². The highest BCUT2D eigenvalue weighted by atomic mass is 31.2. The number of hydrogen-bond acceptors (Lipinski definition) is 7. The summed E-state index contributed by atoms with van der Waals surface area (Å²) in [7, 11) is 1.44. The molecule has 0 aliphatic carbocycles. The Labute approximate surface area is 503 Å². The quantitative estimate of drug-likeness (QED) is 0.0211. The number of ether oxygens (including phenoxy) is 2. The number of likely N-dealkylation sites (N-methyl/N-ethyl adjacent to an activating group) is 1. The van der Waals surface area contributed by atoms with Crippen LogP contribution in [0.3, 0.4) is 0 Å². The number of hydrogen-bond donors (Lipinski definition) is 1. The Balaban J connectivity index is 4.11. The minimum atomic E-state index is -4.41. The summed E-state index contributed by atoms with van der Waals surface area (Å²) in [6.45, 7) is 4.15. The van der Waals surface area contributed by atoms with Crippen LogP contribution in [0.2, 0.25) is 0 Å². The van der Waals surface area contributed by atoms with Crippen LogP contribution in [0.25, 0.3) is 0 Å². The summed E-state index contributed by atoms with van der Waals surface area (Å²) >= 11 is 0. The van der Waals surface area contributed by atoms with Crippen molar-refractivity contribution in [2.24, 2.45) is 0 Å². The van der Waals surface area contributed by atoms with Gasteiger partial charge in [0.2, 0.25) is 0 Å². The van der Waals surface area contributed by atoms with Gasteiger partial charge in [0.25, 0.3) is 0 Å². The summed E-state index contributed by atoms with van der Waals surface area (Å²) in [6.07, 6.45) is 91.9. The average molecular weight is 1160 g/mol. The van der Waals surface area contributed by atoms with Crippen molar-refractivity contribution in [3.8, 4) is 0 Å². The first-order valence-corrected chi connectivity index (χ1v) is 33.7. The molecule has 0 radical (unpaired) electrons. The largest absolute Gasteiger partial charge is 0.472 e. The topological polar surface area (TPSA) is 108 Å². The van der Waals surface area contributed by atoms with Gasteiger partial charge in [0, 0.05) is 12.8 Å². The Bertz CT molecular complexity index is 1940. The number of rotatable bonds is 57. The second-order valence-corrected chi connectivity index (χ2v) is 23.5. The van der Waals surface area contributed by atoms with Gasteiger partial charge >= 0.3 is 19.8 Å². The van der Waals surface area contributed by atoms with E-state index in [4.69, 9.17) is 18.5 Å². The van der Waals surface area contributed by atoms with E-state index in [1.165, 1.54) is 70.6 Å². The molecule has 10 heteroatoms. The molecule has 0 aromatic rings. The molecule has 0 bridgehead atoms. The molecule has 464 valence electrons. The van der Waals surface area contributed by atoms with Crippen LogP contribution in [-0.2, 0) is 32.7 Å². The van der Waals surface area contributed by atoms with Gasteiger partial charge in [-0.25, -0.2) is 4.57 Å². The maximum Gasteiger partial charge on any atom is 0.472 e. The number of quaternary nitrogens is 1. The lowest BCUT2D eigenvalue weighted by molar-refractivity contribution is -0.870. The number of nitrogens with zero attached hydrogens (tertiary/aromatic N) is 1. The number of phosphoric acid groups is 1. The summed E-state index contributed by atoms with van der Waals surface area (Å²) in [5.74, 6) is -0.844. The summed E-state index contributed by atoms with van der Waals surface area (Å²) in [5.41, 5.74) is 0. The first-order valence-electron chi connectivity index (χ1n) is 32.2. The van der Waals surface area contributed by atoms with Gasteiger partial charge in [-0.1, -0.05) is 255 Å². The predicted octanol–water partition coefficient (Wildman–Crippen LogP) is 20.8. The van der Waals surface area contributed by atoms with Gasteiger partial charge in [0.1, 0.15) is 19.8 Å². The molecule has 82 heavy (non-hydrogen) atoms. The molecule has 0 aliphatic rings. The van der Waals surface area contributed by atoms with E-state index in [2.05, 4.69) is 172 Å². The van der Waals surface area contributed by atoms with Crippen LogP contribution in [-0.4, -0.2) is 74.9 Å². The number of allylic oxidation sites excluding steroid dienone is 26. The summed E-state index contributed by atoms with van der Waals surface area (Å²) in [5, 5.41) is 0. The van der Waals surface area contributed by atoms with Gasteiger partial charge in [-0.05, 0) is 122 Å². The molecule has 1 N–H and O–H groups in total. The minimum absolute atomic E-state index is 0.0185. The highest BCUT2D eigenvalue weighted by Gasteiger charge is 2.27. The maximum atomic E-state index is 12.8. The fourth-order valence-electron chi connectivity index (χ4n) is 8.18. The van der Waals surface area contributed by atoms with Crippen LogP contribution < -0.4 is 0 Å². The fraction of sp³-hybridized carbons (Fsp3) is 0.611. The van der Waals surface area contributed by atoms with Crippen molar-refractivity contribution in [3.63, 3.8) is 0 Å². The Morgan fingerprint density at radius 3 is 0.988 bits per heavy atom. The Hall–Kier alpha value is -4.37. The number of unbranched alkanes of at least 4 members (excludes halogenated alkanes) is 17. The van der Waals surface area contributed by atoms with Crippen LogP contribution in [0.4, 0.5) is 0 Å². The van der Waals surface area contributed by atoms with Crippen molar-refractivity contribution >= 4 is 19.8 Å². The second kappa shape index (κ2) is 61.2. The second-order valence-electron chi connectivity index (χ2n) is 22.0. The van der Waals surface area contributed by atoms with Crippen molar-refractivity contribution in [1.29, 1.82) is 0 Å². The molecule has 0 heterocycles. The lowest BCUT2D eigenvalue weighted by atomic mass is 10.0. The van der Waals surface area contributed by atoms with Crippen LogP contribution >= 0.6 is 7.82 Å². The molecule has 0 rings (SSSR count). The van der Waals surface area contributed by atoms with E-state index in [1.807, 2.05) is 21.1 Å². The molecule has 9 nitrogen and oxygen atoms in total. The van der Waals surface area contributed by atoms with E-state index in [1.54, 1.807) is 0 Å². The summed E-state index contributed by atoms with van der Waals surface area (Å²) in [4.78, 5) is 35.7. The van der Waals surface area contributed by atoms with E-state index in [0.717, 1.165) is 122 Å². The molecule has 0 aliphatic heterocycles. The number of carbonyl (C=O) groups excluding carboxylic acids is 2. The molecule has 2 unspecified atom stereocenters. The standard InChI is InChI=1S/C72H118NO8P/c1-6-8-10-12-14-16-18-20-22-24-26-27-28-29-30-31-32-33-34-35-36-37-38-39-40-41-42-43-44-45-47-49-51-53-55-57-59-61-63-65-72(75)81-70(69-80-82(76,77)79-67-66-73(3,4)5)68-78-71(74)64-62-60-58-56-54-52-50-48-46-25-23-21-19-17-15-13-11-9-7-2/h8-11,14-17,20-23,26-27,29-30,32-33,35-36,38-39,46,48,52,54,70H,6-7,12-13,18-19,24-25,28,31,34,37,40-45,47,49-51,53,55-69H2,1-5H3/p+1/b10-8-,11-9-,16-14-,17-15-,22-20-,23-21-,27-26-,30-29-,33-32-,36-35-,39-38-,48-46-,54-52-. The van der Waals surface area contributed by atoms with Crippen molar-refractivity contribution in [3.05, 3.63) is 158 Å². The van der Waals surface area contributed by atoms with E-state index < -0.39 is 32.5 Å². The molecule has 0 saturated carbocycles. The van der Waals surface area contributed by atoms with Crippen molar-refractivity contribution < 1.29 is 42.1 Å². The zero-order valence-corrected chi connectivity index (χ0v) is 53.6. The SMILES string of the molecule is CC/C=C\C/C=C\C/C=C\C/C=C\C/C=C\C/C=C\C/C=C\C/C=C\CCCCCCCCCCCCCCCCC(=O)OC(COC(=O)CCCCC/C=C\C/C=C\C/C=C\C/C=C\C/C=C\CC)COP(=O)(O)OCC[N+](C)(C)C. The molecule has 0 fully saturated rings. The van der Waals surface area contributed by atoms with Gasteiger partial charge in [0.05, 0.1) is 27.7 Å². The van der Waals surface area contributed by atoms with E-state index in [0.29, 0.717) is 23.9 Å². The molecular weight excluding hydrogens is 1040 g/mol. The van der Waals surface area contributed by atoms with Crippen molar-refractivity contribution in [2.75, 3.05) is 47.5 Å². The Morgan fingerprint density at radius 2 is 0.659 bits per heavy atom. The smallest absolute Gasteiger partial charge is 0.462 e. The van der Waals surface area contributed by atoms with Crippen LogP contribution in [0.15, 0.2) is 158 Å². The monoisotopic (exact) mass is 1160 g/mol. The molecule has 0 spiro atoms. The van der Waals surface area contributed by atoms with Crippen LogP contribution in [0.5, 0.6) is 0 Å². The molecule has 0 aromatic carbocycles. The van der Waals surface area contributed by atoms with E-state index in [9.17, 15) is 19.0 Å². The average Bonchev–Trinajstić information content (AvgIpc) is 3.46. The first kappa shape index (κ1) is 77.6. The molecule has 0 aromatic heterocycles. The Morgan fingerprint density at radius 1 is 0.378 bits per heavy atom. The van der Waals surface area contributed by atoms with Crippen LogP contribution in [0, 0.1) is 0 Å². The zero-order chi connectivity index (χ0) is 59.8. The first-order chi connectivity index (χ1) is 40.0. The molecular formula is C72H119NO8P+. The van der Waals surface area contributed by atoms with Crippen molar-refractivity contribution in [1.82, 2.24) is 0 Å². The normalized spacial score (nSPS) is 14.3. The molecule has 0 amide bonds. The summed E-state index contributed by atoms with van der Waals surface area (Å²) < 4.78 is 34.6.